The number of anilines is 1. The third kappa shape index (κ3) is 5.32. The second kappa shape index (κ2) is 10.4. The highest BCUT2D eigenvalue weighted by Gasteiger charge is 2.37. The lowest BCUT2D eigenvalue weighted by molar-refractivity contribution is 0.00152. The summed E-state index contributed by atoms with van der Waals surface area (Å²) >= 11 is 0. The van der Waals surface area contributed by atoms with Gasteiger partial charge in [0, 0.05) is 19.5 Å². The number of ether oxygens (including phenoxy) is 3. The van der Waals surface area contributed by atoms with Crippen LogP contribution in [0.3, 0.4) is 0 Å². The van der Waals surface area contributed by atoms with Gasteiger partial charge in [0.1, 0.15) is 29.5 Å². The molecule has 3 aromatic rings. The second-order valence-electron chi connectivity index (χ2n) is 8.85. The smallest absolute Gasteiger partial charge is 0.240 e. The number of halogens is 1. The van der Waals surface area contributed by atoms with Gasteiger partial charge in [-0.15, -0.1) is 10.2 Å². The first-order valence-corrected chi connectivity index (χ1v) is 13.0. The SMILES string of the molecule is COC[C@H]1COc2ccc(F)cc2-c2nnc(NS(=O)(=O)C(C)C(OC(C)C)c3ncc(C)cn3)n21. The fraction of sp³-hybridized carbons (Fsp3) is 0.478. The van der Waals surface area contributed by atoms with Crippen molar-refractivity contribution in [3.63, 3.8) is 0 Å². The summed E-state index contributed by atoms with van der Waals surface area (Å²) in [7, 11) is -2.57. The molecule has 2 unspecified atom stereocenters. The molecule has 2 aromatic heterocycles. The highest BCUT2D eigenvalue weighted by atomic mass is 32.2. The summed E-state index contributed by atoms with van der Waals surface area (Å²) in [6.07, 6.45) is 1.99. The van der Waals surface area contributed by atoms with Crippen molar-refractivity contribution in [3.8, 4) is 17.1 Å². The Kier molecular flexibility index (Phi) is 7.52. The van der Waals surface area contributed by atoms with Gasteiger partial charge in [0.05, 0.1) is 24.3 Å². The molecule has 194 valence electrons. The predicted molar refractivity (Wildman–Crippen MR) is 130 cm³/mol. The molecule has 1 aliphatic heterocycles. The molecule has 3 atom stereocenters. The molecular formula is C23H29FN6O5S. The highest BCUT2D eigenvalue weighted by molar-refractivity contribution is 7.93. The van der Waals surface area contributed by atoms with E-state index in [-0.39, 0.29) is 36.9 Å². The van der Waals surface area contributed by atoms with Crippen LogP contribution in [0.5, 0.6) is 5.75 Å². The van der Waals surface area contributed by atoms with E-state index in [1.807, 2.05) is 6.92 Å². The number of aromatic nitrogens is 5. The number of nitrogens with one attached hydrogen (secondary N) is 1. The van der Waals surface area contributed by atoms with Gasteiger partial charge in [-0.25, -0.2) is 22.8 Å². The highest BCUT2D eigenvalue weighted by Crippen LogP contribution is 2.37. The number of fused-ring (bicyclic) bond motifs is 3. The minimum absolute atomic E-state index is 0.0484. The largest absolute Gasteiger partial charge is 0.491 e. The Morgan fingerprint density at radius 2 is 1.94 bits per heavy atom. The van der Waals surface area contributed by atoms with Crippen LogP contribution >= 0.6 is 0 Å². The molecule has 0 saturated carbocycles. The Morgan fingerprint density at radius 1 is 1.22 bits per heavy atom. The molecule has 0 spiro atoms. The van der Waals surface area contributed by atoms with Gasteiger partial charge in [-0.05, 0) is 51.5 Å². The average Bonchev–Trinajstić information content (AvgIpc) is 3.16. The molecule has 0 radical (unpaired) electrons. The fourth-order valence-electron chi connectivity index (χ4n) is 3.88. The topological polar surface area (TPSA) is 130 Å². The molecule has 4 rings (SSSR count). The molecule has 13 heteroatoms. The monoisotopic (exact) mass is 520 g/mol. The summed E-state index contributed by atoms with van der Waals surface area (Å²) in [4.78, 5) is 8.57. The first kappa shape index (κ1) is 25.9. The van der Waals surface area contributed by atoms with Crippen LogP contribution in [0.15, 0.2) is 30.6 Å². The fourth-order valence-corrected chi connectivity index (χ4v) is 4.97. The molecule has 36 heavy (non-hydrogen) atoms. The van der Waals surface area contributed by atoms with E-state index in [9.17, 15) is 12.8 Å². The van der Waals surface area contributed by atoms with Crippen molar-refractivity contribution in [2.24, 2.45) is 0 Å². The summed E-state index contributed by atoms with van der Waals surface area (Å²) in [5.41, 5.74) is 1.19. The third-order valence-electron chi connectivity index (χ3n) is 5.66. The normalized spacial score (nSPS) is 17.0. The molecule has 0 bridgehead atoms. The Balaban J connectivity index is 1.72. The molecule has 0 fully saturated rings. The molecule has 1 aliphatic rings. The van der Waals surface area contributed by atoms with Crippen LogP contribution in [0.1, 0.15) is 44.3 Å². The van der Waals surface area contributed by atoms with Gasteiger partial charge < -0.3 is 14.2 Å². The van der Waals surface area contributed by atoms with Gasteiger partial charge in [0.2, 0.25) is 16.0 Å². The summed E-state index contributed by atoms with van der Waals surface area (Å²) in [6, 6.07) is 3.57. The standard InChI is InChI=1S/C23H29FN6O5S/c1-13(2)35-20(21-25-9-14(3)10-26-21)15(4)36(31,32)29-23-28-27-22-18-8-16(24)6-7-19(18)34-12-17(11-33-5)30(22)23/h6-10,13,15,17,20H,11-12H2,1-5H3,(H,28,29)/t15?,17-,20?/m0/s1. The molecule has 0 saturated heterocycles. The summed E-state index contributed by atoms with van der Waals surface area (Å²) in [5, 5.41) is 7.16. The lowest BCUT2D eigenvalue weighted by Gasteiger charge is -2.26. The van der Waals surface area contributed by atoms with Crippen LogP contribution in [0.4, 0.5) is 10.3 Å². The number of methoxy groups -OCH3 is 1. The molecule has 3 heterocycles. The zero-order valence-corrected chi connectivity index (χ0v) is 21.5. The van der Waals surface area contributed by atoms with Crippen molar-refractivity contribution < 1.29 is 27.0 Å². The van der Waals surface area contributed by atoms with E-state index in [4.69, 9.17) is 14.2 Å². The van der Waals surface area contributed by atoms with E-state index < -0.39 is 33.2 Å². The molecule has 1 N–H and O–H groups in total. The molecule has 1 aromatic carbocycles. The first-order valence-electron chi connectivity index (χ1n) is 11.4. The predicted octanol–water partition coefficient (Wildman–Crippen LogP) is 3.06. The zero-order valence-electron chi connectivity index (χ0n) is 20.7. The molecule has 0 aliphatic carbocycles. The van der Waals surface area contributed by atoms with Crippen LogP contribution in [0, 0.1) is 12.7 Å². The molecular weight excluding hydrogens is 491 g/mol. The first-order chi connectivity index (χ1) is 17.1. The van der Waals surface area contributed by atoms with Crippen LogP contribution in [0.2, 0.25) is 0 Å². The van der Waals surface area contributed by atoms with Crippen LogP contribution < -0.4 is 9.46 Å². The van der Waals surface area contributed by atoms with Crippen molar-refractivity contribution in [1.29, 1.82) is 0 Å². The van der Waals surface area contributed by atoms with Gasteiger partial charge >= 0.3 is 0 Å². The Hall–Kier alpha value is -3.16. The van der Waals surface area contributed by atoms with E-state index in [0.717, 1.165) is 5.56 Å². The minimum Gasteiger partial charge on any atom is -0.491 e. The Bertz CT molecular complexity index is 1320. The summed E-state index contributed by atoms with van der Waals surface area (Å²) in [5.74, 6) is 0.384. The maximum atomic E-state index is 14.1. The number of hydrogen-bond donors (Lipinski definition) is 1. The van der Waals surface area contributed by atoms with Crippen LogP contribution in [0.25, 0.3) is 11.4 Å². The van der Waals surface area contributed by atoms with E-state index in [1.165, 1.54) is 32.2 Å². The van der Waals surface area contributed by atoms with Crippen LogP contribution in [-0.4, -0.2) is 64.8 Å². The Labute approximate surface area is 209 Å². The lowest BCUT2D eigenvalue weighted by atomic mass is 10.2. The number of aryl methyl sites for hydroxylation is 1. The lowest BCUT2D eigenvalue weighted by Crippen LogP contribution is -2.35. The summed E-state index contributed by atoms with van der Waals surface area (Å²) < 4.78 is 62.3. The quantitative estimate of drug-likeness (QED) is 0.452. The number of hydrogen-bond acceptors (Lipinski definition) is 9. The Morgan fingerprint density at radius 3 is 2.61 bits per heavy atom. The van der Waals surface area contributed by atoms with E-state index in [2.05, 4.69) is 24.9 Å². The molecule has 0 amide bonds. The van der Waals surface area contributed by atoms with Crippen LogP contribution in [-0.2, 0) is 19.5 Å². The van der Waals surface area contributed by atoms with Crippen molar-refractivity contribution in [3.05, 3.63) is 47.8 Å². The number of rotatable bonds is 9. The number of sulfonamides is 1. The average molecular weight is 521 g/mol. The maximum Gasteiger partial charge on any atom is 0.240 e. The van der Waals surface area contributed by atoms with Gasteiger partial charge in [0.25, 0.3) is 0 Å². The van der Waals surface area contributed by atoms with Crippen molar-refractivity contribution in [2.75, 3.05) is 25.0 Å². The zero-order chi connectivity index (χ0) is 26.0. The van der Waals surface area contributed by atoms with E-state index >= 15 is 0 Å². The van der Waals surface area contributed by atoms with Crippen molar-refractivity contribution in [2.45, 2.75) is 51.2 Å². The van der Waals surface area contributed by atoms with Gasteiger partial charge in [-0.1, -0.05) is 0 Å². The van der Waals surface area contributed by atoms with E-state index in [0.29, 0.717) is 11.3 Å². The van der Waals surface area contributed by atoms with Gasteiger partial charge in [0.15, 0.2) is 11.6 Å². The van der Waals surface area contributed by atoms with E-state index in [1.54, 1.807) is 30.8 Å². The summed E-state index contributed by atoms with van der Waals surface area (Å²) in [6.45, 7) is 7.28. The second-order valence-corrected chi connectivity index (χ2v) is 10.9. The van der Waals surface area contributed by atoms with Crippen molar-refractivity contribution in [1.82, 2.24) is 24.7 Å². The minimum atomic E-state index is -4.09. The van der Waals surface area contributed by atoms with Gasteiger partial charge in [-0.3, -0.25) is 9.29 Å². The third-order valence-corrected chi connectivity index (χ3v) is 7.35. The van der Waals surface area contributed by atoms with Gasteiger partial charge in [-0.2, -0.15) is 0 Å². The number of nitrogens with zero attached hydrogens (tertiary/aromatic N) is 5. The van der Waals surface area contributed by atoms with Crippen molar-refractivity contribution >= 4 is 16.0 Å². The molecule has 11 nitrogen and oxygen atoms in total. The number of benzene rings is 1. The maximum absolute atomic E-state index is 14.1.